The summed E-state index contributed by atoms with van der Waals surface area (Å²) in [6.07, 6.45) is -1.04. The molecule has 1 amide bonds. The van der Waals surface area contributed by atoms with Crippen LogP contribution in [-0.4, -0.2) is 20.7 Å². The van der Waals surface area contributed by atoms with Crippen molar-refractivity contribution in [1.82, 2.24) is 14.8 Å². The molecular formula is C24H23F3N4O. The second-order valence-corrected chi connectivity index (χ2v) is 9.14. The summed E-state index contributed by atoms with van der Waals surface area (Å²) in [6, 6.07) is 10.2. The zero-order valence-electron chi connectivity index (χ0n) is 18.1. The van der Waals surface area contributed by atoms with E-state index in [1.807, 2.05) is 29.8 Å². The summed E-state index contributed by atoms with van der Waals surface area (Å²) in [6.45, 7) is 3.66. The van der Waals surface area contributed by atoms with Gasteiger partial charge in [-0.1, -0.05) is 19.1 Å². The van der Waals surface area contributed by atoms with E-state index in [2.05, 4.69) is 17.1 Å². The summed E-state index contributed by atoms with van der Waals surface area (Å²) in [4.78, 5) is 14.6. The third-order valence-electron chi connectivity index (χ3n) is 6.74. The smallest absolute Gasteiger partial charge is 0.320 e. The molecule has 0 radical (unpaired) electrons. The van der Waals surface area contributed by atoms with Crippen molar-refractivity contribution < 1.29 is 18.0 Å². The Balaban J connectivity index is 1.56. The van der Waals surface area contributed by atoms with Crippen molar-refractivity contribution in [2.24, 2.45) is 13.0 Å². The lowest BCUT2D eigenvalue weighted by atomic mass is 9.58. The molecule has 0 saturated heterocycles. The minimum absolute atomic E-state index is 0.0405. The monoisotopic (exact) mass is 440 g/mol. The first-order valence-electron chi connectivity index (χ1n) is 10.6. The van der Waals surface area contributed by atoms with E-state index in [1.54, 1.807) is 25.4 Å². The van der Waals surface area contributed by atoms with Crippen molar-refractivity contribution in [2.75, 3.05) is 4.90 Å². The standard InChI is InChI=1S/C24H23F3N4O/c1-14-7-18-19(20(8-14)24(25,26)27)12-31(21(18)32)17-6-4-5-16(9-17)23(10-15(2)11-23)22-29-28-13-30(22)3/h4-9,13,15H,10-12H2,1-3H3. The van der Waals surface area contributed by atoms with Crippen LogP contribution in [0.5, 0.6) is 0 Å². The van der Waals surface area contributed by atoms with Crippen LogP contribution < -0.4 is 4.90 Å². The summed E-state index contributed by atoms with van der Waals surface area (Å²) in [5, 5.41) is 8.39. The van der Waals surface area contributed by atoms with Gasteiger partial charge in [-0.15, -0.1) is 10.2 Å². The third kappa shape index (κ3) is 3.04. The summed E-state index contributed by atoms with van der Waals surface area (Å²) in [5.74, 6) is 0.977. The van der Waals surface area contributed by atoms with E-state index < -0.39 is 17.6 Å². The van der Waals surface area contributed by atoms with Gasteiger partial charge in [-0.25, -0.2) is 0 Å². The lowest BCUT2D eigenvalue weighted by Gasteiger charge is -2.46. The van der Waals surface area contributed by atoms with Crippen LogP contribution in [0, 0.1) is 12.8 Å². The molecule has 0 N–H and O–H groups in total. The van der Waals surface area contributed by atoms with Gasteiger partial charge in [0.15, 0.2) is 0 Å². The zero-order chi connectivity index (χ0) is 22.8. The molecule has 2 aromatic carbocycles. The van der Waals surface area contributed by atoms with Gasteiger partial charge in [-0.05, 0) is 66.6 Å². The van der Waals surface area contributed by atoms with Crippen molar-refractivity contribution >= 4 is 11.6 Å². The summed E-state index contributed by atoms with van der Waals surface area (Å²) in [5.41, 5.74) is 1.13. The van der Waals surface area contributed by atoms with Crippen LogP contribution in [0.25, 0.3) is 0 Å². The second-order valence-electron chi connectivity index (χ2n) is 9.14. The number of aromatic nitrogens is 3. The summed E-state index contributed by atoms with van der Waals surface area (Å²) >= 11 is 0. The number of rotatable bonds is 3. The van der Waals surface area contributed by atoms with E-state index in [4.69, 9.17) is 0 Å². The number of fused-ring (bicyclic) bond motifs is 1. The van der Waals surface area contributed by atoms with Crippen LogP contribution in [0.2, 0.25) is 0 Å². The minimum Gasteiger partial charge on any atom is -0.320 e. The fraction of sp³-hybridized carbons (Fsp3) is 0.375. The minimum atomic E-state index is -4.51. The Morgan fingerprint density at radius 1 is 1.16 bits per heavy atom. The molecule has 0 bridgehead atoms. The van der Waals surface area contributed by atoms with Crippen LogP contribution >= 0.6 is 0 Å². The van der Waals surface area contributed by atoms with Gasteiger partial charge in [0, 0.05) is 18.3 Å². The van der Waals surface area contributed by atoms with Crippen LogP contribution in [0.3, 0.4) is 0 Å². The van der Waals surface area contributed by atoms with Gasteiger partial charge in [0.2, 0.25) is 0 Å². The molecule has 32 heavy (non-hydrogen) atoms. The van der Waals surface area contributed by atoms with Gasteiger partial charge in [0.05, 0.1) is 17.5 Å². The van der Waals surface area contributed by atoms with E-state index in [0.29, 0.717) is 17.2 Å². The van der Waals surface area contributed by atoms with Gasteiger partial charge in [-0.3, -0.25) is 4.79 Å². The highest BCUT2D eigenvalue weighted by molar-refractivity contribution is 6.10. The number of benzene rings is 2. The largest absolute Gasteiger partial charge is 0.416 e. The molecule has 166 valence electrons. The van der Waals surface area contributed by atoms with Crippen molar-refractivity contribution in [3.05, 3.63) is 76.4 Å². The number of anilines is 1. The topological polar surface area (TPSA) is 51.0 Å². The fourth-order valence-electron chi connectivity index (χ4n) is 5.38. The van der Waals surface area contributed by atoms with Crippen LogP contribution in [0.15, 0.2) is 42.7 Å². The molecule has 1 saturated carbocycles. The van der Waals surface area contributed by atoms with Crippen molar-refractivity contribution in [1.29, 1.82) is 0 Å². The Bertz CT molecular complexity index is 1220. The molecule has 1 aliphatic heterocycles. The summed E-state index contributed by atoms with van der Waals surface area (Å²) < 4.78 is 42.8. The molecule has 0 atom stereocenters. The molecule has 8 heteroatoms. The first kappa shape index (κ1) is 20.7. The maximum absolute atomic E-state index is 13.6. The van der Waals surface area contributed by atoms with Crippen LogP contribution in [0.1, 0.15) is 58.2 Å². The van der Waals surface area contributed by atoms with E-state index >= 15 is 0 Å². The Kier molecular flexibility index (Phi) is 4.48. The predicted molar refractivity (Wildman–Crippen MR) is 113 cm³/mol. The summed E-state index contributed by atoms with van der Waals surface area (Å²) in [7, 11) is 1.91. The second kappa shape index (κ2) is 6.92. The quantitative estimate of drug-likeness (QED) is 0.575. The number of nitrogens with zero attached hydrogens (tertiary/aromatic N) is 4. The molecule has 2 aliphatic rings. The van der Waals surface area contributed by atoms with E-state index in [0.717, 1.165) is 30.3 Å². The number of halogens is 3. The molecule has 1 fully saturated rings. The number of alkyl halides is 3. The molecule has 5 nitrogen and oxygen atoms in total. The number of carbonyl (C=O) groups is 1. The maximum atomic E-state index is 13.6. The molecular weight excluding hydrogens is 417 g/mol. The molecule has 3 aromatic rings. The lowest BCUT2D eigenvalue weighted by Crippen LogP contribution is -2.43. The van der Waals surface area contributed by atoms with Gasteiger partial charge in [-0.2, -0.15) is 13.2 Å². The van der Waals surface area contributed by atoms with Gasteiger partial charge >= 0.3 is 6.18 Å². The Labute approximate surface area is 183 Å². The van der Waals surface area contributed by atoms with E-state index in [1.165, 1.54) is 4.90 Å². The number of aryl methyl sites for hydroxylation is 2. The van der Waals surface area contributed by atoms with Gasteiger partial charge < -0.3 is 9.47 Å². The molecule has 0 unspecified atom stereocenters. The third-order valence-corrected chi connectivity index (χ3v) is 6.74. The fourth-order valence-corrected chi connectivity index (χ4v) is 5.38. The highest BCUT2D eigenvalue weighted by atomic mass is 19.4. The Hall–Kier alpha value is -3.16. The average Bonchev–Trinajstić information content (AvgIpc) is 3.28. The predicted octanol–water partition coefficient (Wildman–Crippen LogP) is 5.02. The highest BCUT2D eigenvalue weighted by Gasteiger charge is 2.48. The molecule has 1 aliphatic carbocycles. The number of hydrogen-bond donors (Lipinski definition) is 0. The Morgan fingerprint density at radius 2 is 1.91 bits per heavy atom. The molecule has 5 rings (SSSR count). The normalized spacial score (nSPS) is 22.8. The number of carbonyl (C=O) groups excluding carboxylic acids is 1. The van der Waals surface area contributed by atoms with Gasteiger partial charge in [0.25, 0.3) is 5.91 Å². The maximum Gasteiger partial charge on any atom is 0.416 e. The average molecular weight is 440 g/mol. The number of amides is 1. The van der Waals surface area contributed by atoms with Gasteiger partial charge in [0.1, 0.15) is 12.2 Å². The van der Waals surface area contributed by atoms with E-state index in [9.17, 15) is 18.0 Å². The van der Waals surface area contributed by atoms with Crippen molar-refractivity contribution in [3.63, 3.8) is 0 Å². The first-order chi connectivity index (χ1) is 15.1. The molecule has 1 aromatic heterocycles. The number of hydrogen-bond acceptors (Lipinski definition) is 3. The van der Waals surface area contributed by atoms with Crippen LogP contribution in [-0.2, 0) is 25.2 Å². The zero-order valence-corrected chi connectivity index (χ0v) is 18.1. The highest BCUT2D eigenvalue weighted by Crippen LogP contribution is 2.52. The van der Waals surface area contributed by atoms with E-state index in [-0.39, 0.29) is 23.1 Å². The Morgan fingerprint density at radius 3 is 2.53 bits per heavy atom. The molecule has 2 heterocycles. The van der Waals surface area contributed by atoms with Crippen molar-refractivity contribution in [2.45, 2.75) is 44.8 Å². The van der Waals surface area contributed by atoms with Crippen molar-refractivity contribution in [3.8, 4) is 0 Å². The lowest BCUT2D eigenvalue weighted by molar-refractivity contribution is -0.138. The first-order valence-corrected chi connectivity index (χ1v) is 10.6. The van der Waals surface area contributed by atoms with Crippen LogP contribution in [0.4, 0.5) is 18.9 Å². The molecule has 0 spiro atoms. The SMILES string of the molecule is Cc1cc2c(c(C(F)(F)F)c1)CN(c1cccc(C3(c4nncn4C)CC(C)C3)c1)C2=O.